The number of hydrogen-bond donors (Lipinski definition) is 0. The molecule has 0 amide bonds. The van der Waals surface area contributed by atoms with Crippen molar-refractivity contribution in [2.24, 2.45) is 0 Å². The Morgan fingerprint density at radius 3 is 2.42 bits per heavy atom. The normalized spacial score (nSPS) is 10.8. The van der Waals surface area contributed by atoms with Gasteiger partial charge in [0, 0.05) is 14.1 Å². The van der Waals surface area contributed by atoms with Crippen molar-refractivity contribution in [2.45, 2.75) is 20.5 Å². The molecule has 2 aromatic rings. The van der Waals surface area contributed by atoms with Crippen LogP contribution in [0.2, 0.25) is 0 Å². The molecule has 1 heterocycles. The third kappa shape index (κ3) is 3.64. The zero-order valence-corrected chi connectivity index (χ0v) is 13.9. The fourth-order valence-corrected chi connectivity index (χ4v) is 2.32. The number of halogens is 2. The lowest BCUT2D eigenvalue weighted by molar-refractivity contribution is -0.0498. The second-order valence-electron chi connectivity index (χ2n) is 5.18. The Balaban J connectivity index is 2.46. The molecule has 0 aliphatic rings. The summed E-state index contributed by atoms with van der Waals surface area (Å²) in [5.74, 6) is 0.144. The summed E-state index contributed by atoms with van der Waals surface area (Å²) in [4.78, 5) is 14.0. The summed E-state index contributed by atoms with van der Waals surface area (Å²) >= 11 is 0. The van der Waals surface area contributed by atoms with E-state index in [4.69, 9.17) is 4.74 Å². The molecule has 6 nitrogen and oxygen atoms in total. The average Bonchev–Trinajstić information content (AvgIpc) is 2.85. The number of aryl methyl sites for hydroxylation is 1. The topological polar surface area (TPSA) is 56.6 Å². The largest absolute Gasteiger partial charge is 0.462 e. The third-order valence-corrected chi connectivity index (χ3v) is 3.25. The number of anilines is 1. The Hall–Kier alpha value is -2.64. The number of hydrogen-bond acceptors (Lipinski definition) is 5. The number of benzene rings is 1. The molecule has 1 aromatic heterocycles. The van der Waals surface area contributed by atoms with Gasteiger partial charge in [-0.1, -0.05) is 0 Å². The molecular formula is C16H19F2N3O3. The Morgan fingerprint density at radius 1 is 1.29 bits per heavy atom. The van der Waals surface area contributed by atoms with Crippen molar-refractivity contribution in [3.8, 4) is 11.4 Å². The molecule has 0 aliphatic carbocycles. The van der Waals surface area contributed by atoms with Gasteiger partial charge in [0.05, 0.1) is 18.0 Å². The zero-order valence-electron chi connectivity index (χ0n) is 13.9. The first-order chi connectivity index (χ1) is 11.3. The van der Waals surface area contributed by atoms with Gasteiger partial charge < -0.3 is 14.4 Å². The van der Waals surface area contributed by atoms with Gasteiger partial charge in [0.1, 0.15) is 17.1 Å². The monoisotopic (exact) mass is 339 g/mol. The van der Waals surface area contributed by atoms with Crippen LogP contribution >= 0.6 is 0 Å². The van der Waals surface area contributed by atoms with Crippen molar-refractivity contribution in [2.75, 3.05) is 25.6 Å². The van der Waals surface area contributed by atoms with Gasteiger partial charge in [0.15, 0.2) is 0 Å². The van der Waals surface area contributed by atoms with Crippen LogP contribution in [0.25, 0.3) is 5.69 Å². The Labute approximate surface area is 138 Å². The number of aromatic nitrogens is 2. The molecule has 0 N–H and O–H groups in total. The highest BCUT2D eigenvalue weighted by Crippen LogP contribution is 2.27. The van der Waals surface area contributed by atoms with E-state index in [9.17, 15) is 13.6 Å². The zero-order chi connectivity index (χ0) is 17.9. The van der Waals surface area contributed by atoms with Gasteiger partial charge in [0.2, 0.25) is 0 Å². The highest BCUT2D eigenvalue weighted by molar-refractivity contribution is 5.96. The summed E-state index contributed by atoms with van der Waals surface area (Å²) < 4.78 is 35.5. The molecule has 0 fully saturated rings. The van der Waals surface area contributed by atoms with Gasteiger partial charge >= 0.3 is 12.6 Å². The first kappa shape index (κ1) is 17.7. The summed E-state index contributed by atoms with van der Waals surface area (Å²) in [6, 6.07) is 6.02. The molecule has 1 aromatic carbocycles. The minimum Gasteiger partial charge on any atom is -0.462 e. The van der Waals surface area contributed by atoms with E-state index in [0.717, 1.165) is 0 Å². The van der Waals surface area contributed by atoms with E-state index in [1.54, 1.807) is 49.7 Å². The summed E-state index contributed by atoms with van der Waals surface area (Å²) in [6.45, 7) is 0.824. The standard InChI is InChI=1S/C16H19F2N3O3/c1-5-23-15(22)13-10(2)19-21(14(13)20(3)4)11-6-8-12(9-7-11)24-16(17)18/h6-9,16H,5H2,1-4H3. The van der Waals surface area contributed by atoms with E-state index in [0.29, 0.717) is 22.8 Å². The van der Waals surface area contributed by atoms with Gasteiger partial charge in [0.25, 0.3) is 0 Å². The van der Waals surface area contributed by atoms with E-state index in [-0.39, 0.29) is 12.4 Å². The molecule has 0 radical (unpaired) electrons. The van der Waals surface area contributed by atoms with Crippen LogP contribution in [0.1, 0.15) is 23.0 Å². The molecular weight excluding hydrogens is 320 g/mol. The van der Waals surface area contributed by atoms with Crippen LogP contribution in [0.5, 0.6) is 5.75 Å². The third-order valence-electron chi connectivity index (χ3n) is 3.25. The molecule has 0 unspecified atom stereocenters. The number of carbonyl (C=O) groups excluding carboxylic acids is 1. The van der Waals surface area contributed by atoms with E-state index in [2.05, 4.69) is 9.84 Å². The Bertz CT molecular complexity index is 712. The van der Waals surface area contributed by atoms with Crippen LogP contribution in [-0.4, -0.2) is 43.1 Å². The first-order valence-corrected chi connectivity index (χ1v) is 7.34. The van der Waals surface area contributed by atoms with E-state index < -0.39 is 12.6 Å². The fourth-order valence-electron chi connectivity index (χ4n) is 2.32. The van der Waals surface area contributed by atoms with Crippen molar-refractivity contribution in [3.63, 3.8) is 0 Å². The van der Waals surface area contributed by atoms with E-state index >= 15 is 0 Å². The maximum Gasteiger partial charge on any atom is 0.387 e. The summed E-state index contributed by atoms with van der Waals surface area (Å²) in [7, 11) is 3.56. The van der Waals surface area contributed by atoms with Crippen LogP contribution < -0.4 is 9.64 Å². The van der Waals surface area contributed by atoms with Crippen LogP contribution in [0.15, 0.2) is 24.3 Å². The lowest BCUT2D eigenvalue weighted by Crippen LogP contribution is -2.18. The van der Waals surface area contributed by atoms with Crippen molar-refractivity contribution in [3.05, 3.63) is 35.5 Å². The molecule has 8 heteroatoms. The number of carbonyl (C=O) groups is 1. The summed E-state index contributed by atoms with van der Waals surface area (Å²) in [5, 5.41) is 4.38. The van der Waals surface area contributed by atoms with Gasteiger partial charge in [-0.3, -0.25) is 0 Å². The van der Waals surface area contributed by atoms with E-state index in [1.807, 2.05) is 0 Å². The van der Waals surface area contributed by atoms with E-state index in [1.165, 1.54) is 12.1 Å². The van der Waals surface area contributed by atoms with Gasteiger partial charge in [-0.15, -0.1) is 0 Å². The summed E-state index contributed by atoms with van der Waals surface area (Å²) in [5.41, 5.74) is 1.50. The SMILES string of the molecule is CCOC(=O)c1c(C)nn(-c2ccc(OC(F)F)cc2)c1N(C)C. The summed E-state index contributed by atoms with van der Waals surface area (Å²) in [6.07, 6.45) is 0. The first-order valence-electron chi connectivity index (χ1n) is 7.34. The molecule has 2 rings (SSSR count). The van der Waals surface area contributed by atoms with Gasteiger partial charge in [-0.2, -0.15) is 13.9 Å². The predicted molar refractivity (Wildman–Crippen MR) is 85.2 cm³/mol. The van der Waals surface area contributed by atoms with Gasteiger partial charge in [-0.25, -0.2) is 9.48 Å². The van der Waals surface area contributed by atoms with Crippen LogP contribution in [0.3, 0.4) is 0 Å². The maximum atomic E-state index is 12.2. The molecule has 0 bridgehead atoms. The Morgan fingerprint density at radius 2 is 1.92 bits per heavy atom. The predicted octanol–water partition coefficient (Wildman–Crippen LogP) is 3.02. The minimum atomic E-state index is -2.88. The number of ether oxygens (including phenoxy) is 2. The maximum absolute atomic E-state index is 12.2. The molecule has 130 valence electrons. The van der Waals surface area contributed by atoms with Crippen LogP contribution in [0.4, 0.5) is 14.6 Å². The minimum absolute atomic E-state index is 0.0506. The Kier molecular flexibility index (Phi) is 5.38. The van der Waals surface area contributed by atoms with Crippen molar-refractivity contribution < 1.29 is 23.0 Å². The van der Waals surface area contributed by atoms with Crippen LogP contribution in [-0.2, 0) is 4.74 Å². The van der Waals surface area contributed by atoms with Crippen molar-refractivity contribution in [1.82, 2.24) is 9.78 Å². The highest BCUT2D eigenvalue weighted by Gasteiger charge is 2.24. The molecule has 0 saturated heterocycles. The quantitative estimate of drug-likeness (QED) is 0.757. The lowest BCUT2D eigenvalue weighted by Gasteiger charge is -2.17. The highest BCUT2D eigenvalue weighted by atomic mass is 19.3. The second kappa shape index (κ2) is 7.29. The number of rotatable bonds is 6. The number of nitrogens with zero attached hydrogens (tertiary/aromatic N) is 3. The molecule has 24 heavy (non-hydrogen) atoms. The van der Waals surface area contributed by atoms with Gasteiger partial charge in [-0.05, 0) is 38.1 Å². The fraction of sp³-hybridized carbons (Fsp3) is 0.375. The second-order valence-corrected chi connectivity index (χ2v) is 5.18. The smallest absolute Gasteiger partial charge is 0.387 e. The number of esters is 1. The molecule has 0 atom stereocenters. The van der Waals surface area contributed by atoms with Crippen molar-refractivity contribution in [1.29, 1.82) is 0 Å². The van der Waals surface area contributed by atoms with Crippen LogP contribution in [0, 0.1) is 6.92 Å². The molecule has 0 aliphatic heterocycles. The molecule has 0 saturated carbocycles. The number of alkyl halides is 2. The average molecular weight is 339 g/mol. The molecule has 0 spiro atoms. The van der Waals surface area contributed by atoms with Crippen molar-refractivity contribution >= 4 is 11.8 Å². The lowest BCUT2D eigenvalue weighted by atomic mass is 10.2.